The Kier molecular flexibility index (Phi) is 7.54. The molecule has 0 radical (unpaired) electrons. The average molecular weight is 431 g/mol. The molecule has 0 unspecified atom stereocenters. The van der Waals surface area contributed by atoms with E-state index in [4.69, 9.17) is 16.3 Å². The highest BCUT2D eigenvalue weighted by atomic mass is 35.5. The van der Waals surface area contributed by atoms with Crippen LogP contribution < -0.4 is 20.7 Å². The van der Waals surface area contributed by atoms with Crippen LogP contribution in [0, 0.1) is 0 Å². The lowest BCUT2D eigenvalue weighted by molar-refractivity contribution is -0.118. The van der Waals surface area contributed by atoms with Crippen molar-refractivity contribution in [1.82, 2.24) is 10.2 Å². The fraction of sp³-hybridized carbons (Fsp3) is 0.364. The summed E-state index contributed by atoms with van der Waals surface area (Å²) in [7, 11) is 0. The SMILES string of the molecule is CCN(CC)[C@H](CNC(=O)Nc1cc2c(cc1Cl)NC(=O)CO2)Cc1ccccc1. The predicted octanol–water partition coefficient (Wildman–Crippen LogP) is 3.75. The maximum atomic E-state index is 12.5. The molecule has 1 atom stereocenters. The topological polar surface area (TPSA) is 82.7 Å². The molecule has 2 aromatic carbocycles. The minimum Gasteiger partial charge on any atom is -0.482 e. The monoisotopic (exact) mass is 430 g/mol. The van der Waals surface area contributed by atoms with Crippen LogP contribution in [0.2, 0.25) is 5.02 Å². The van der Waals surface area contributed by atoms with Gasteiger partial charge in [-0.1, -0.05) is 55.8 Å². The van der Waals surface area contributed by atoms with E-state index < -0.39 is 0 Å². The number of nitrogens with zero attached hydrogens (tertiary/aromatic N) is 1. The number of anilines is 2. The van der Waals surface area contributed by atoms with Crippen LogP contribution in [0.1, 0.15) is 19.4 Å². The van der Waals surface area contributed by atoms with E-state index in [0.717, 1.165) is 19.5 Å². The summed E-state index contributed by atoms with van der Waals surface area (Å²) in [4.78, 5) is 26.3. The second-order valence-corrected chi connectivity index (χ2v) is 7.47. The highest BCUT2D eigenvalue weighted by Crippen LogP contribution is 2.36. The number of hydrogen-bond donors (Lipinski definition) is 3. The van der Waals surface area contributed by atoms with Gasteiger partial charge in [0.2, 0.25) is 0 Å². The molecule has 0 saturated carbocycles. The van der Waals surface area contributed by atoms with Crippen molar-refractivity contribution in [2.45, 2.75) is 26.3 Å². The number of carbonyl (C=O) groups is 2. The summed E-state index contributed by atoms with van der Waals surface area (Å²) in [5.41, 5.74) is 2.15. The Morgan fingerprint density at radius 1 is 1.23 bits per heavy atom. The largest absolute Gasteiger partial charge is 0.482 e. The van der Waals surface area contributed by atoms with Crippen molar-refractivity contribution in [1.29, 1.82) is 0 Å². The van der Waals surface area contributed by atoms with Gasteiger partial charge in [-0.25, -0.2) is 4.79 Å². The van der Waals surface area contributed by atoms with Crippen molar-refractivity contribution in [3.8, 4) is 5.75 Å². The molecule has 8 heteroatoms. The van der Waals surface area contributed by atoms with Crippen LogP contribution >= 0.6 is 11.6 Å². The molecule has 1 aliphatic heterocycles. The standard InChI is InChI=1S/C22H27ClN4O3/c1-3-27(4-2)16(10-15-8-6-5-7-9-15)13-24-22(29)26-18-12-20-19(11-17(18)23)25-21(28)14-30-20/h5-9,11-12,16H,3-4,10,13-14H2,1-2H3,(H,25,28)(H2,24,26,29)/t16-/m0/s1. The van der Waals surface area contributed by atoms with Crippen LogP contribution in [0.25, 0.3) is 0 Å². The number of amides is 3. The number of halogens is 1. The number of likely N-dealkylation sites (N-methyl/N-ethyl adjacent to an activating group) is 1. The van der Waals surface area contributed by atoms with E-state index in [-0.39, 0.29) is 24.6 Å². The lowest BCUT2D eigenvalue weighted by Gasteiger charge is -2.30. The van der Waals surface area contributed by atoms with E-state index in [2.05, 4.69) is 46.8 Å². The molecular formula is C22H27ClN4O3. The molecular weight excluding hydrogens is 404 g/mol. The van der Waals surface area contributed by atoms with E-state index >= 15 is 0 Å². The maximum absolute atomic E-state index is 12.5. The van der Waals surface area contributed by atoms with Crippen molar-refractivity contribution in [2.24, 2.45) is 0 Å². The molecule has 3 amide bonds. The Morgan fingerprint density at radius 2 is 1.97 bits per heavy atom. The number of urea groups is 1. The van der Waals surface area contributed by atoms with Gasteiger partial charge in [-0.15, -0.1) is 0 Å². The molecule has 1 heterocycles. The van der Waals surface area contributed by atoms with Crippen LogP contribution in [0.4, 0.5) is 16.2 Å². The highest BCUT2D eigenvalue weighted by molar-refractivity contribution is 6.34. The molecule has 30 heavy (non-hydrogen) atoms. The molecule has 0 saturated heterocycles. The second-order valence-electron chi connectivity index (χ2n) is 7.06. The van der Waals surface area contributed by atoms with Crippen LogP contribution in [0.5, 0.6) is 5.75 Å². The van der Waals surface area contributed by atoms with E-state index in [0.29, 0.717) is 28.7 Å². The van der Waals surface area contributed by atoms with Gasteiger partial charge in [-0.3, -0.25) is 9.69 Å². The number of hydrogen-bond acceptors (Lipinski definition) is 4. The molecule has 1 aliphatic rings. The summed E-state index contributed by atoms with van der Waals surface area (Å²) in [6, 6.07) is 13.3. The number of nitrogens with one attached hydrogen (secondary N) is 3. The lowest BCUT2D eigenvalue weighted by Crippen LogP contribution is -2.46. The normalized spacial score (nSPS) is 13.8. The van der Waals surface area contributed by atoms with Crippen molar-refractivity contribution in [3.63, 3.8) is 0 Å². The second kappa shape index (κ2) is 10.3. The fourth-order valence-corrected chi connectivity index (χ4v) is 3.74. The lowest BCUT2D eigenvalue weighted by atomic mass is 10.0. The molecule has 0 spiro atoms. The molecule has 3 N–H and O–H groups in total. The van der Waals surface area contributed by atoms with E-state index in [9.17, 15) is 9.59 Å². The minimum absolute atomic E-state index is 0.0642. The number of ether oxygens (including phenoxy) is 1. The molecule has 0 fully saturated rings. The molecule has 0 bridgehead atoms. The Hall–Kier alpha value is -2.77. The van der Waals surface area contributed by atoms with Gasteiger partial charge >= 0.3 is 6.03 Å². The molecule has 7 nitrogen and oxygen atoms in total. The van der Waals surface area contributed by atoms with Crippen LogP contribution in [-0.2, 0) is 11.2 Å². The first-order valence-electron chi connectivity index (χ1n) is 10.1. The molecule has 0 aromatic heterocycles. The van der Waals surface area contributed by atoms with Gasteiger partial charge in [0.15, 0.2) is 6.61 Å². The predicted molar refractivity (Wildman–Crippen MR) is 119 cm³/mol. The van der Waals surface area contributed by atoms with Crippen molar-refractivity contribution in [3.05, 3.63) is 53.1 Å². The van der Waals surface area contributed by atoms with Gasteiger partial charge in [-0.2, -0.15) is 0 Å². The van der Waals surface area contributed by atoms with Gasteiger partial charge in [0.05, 0.1) is 16.4 Å². The van der Waals surface area contributed by atoms with Crippen molar-refractivity contribution in [2.75, 3.05) is 36.9 Å². The summed E-state index contributed by atoms with van der Waals surface area (Å²) in [5.74, 6) is 0.234. The quantitative estimate of drug-likeness (QED) is 0.595. The summed E-state index contributed by atoms with van der Waals surface area (Å²) >= 11 is 6.26. The van der Waals surface area contributed by atoms with Gasteiger partial charge in [0, 0.05) is 18.7 Å². The zero-order valence-corrected chi connectivity index (χ0v) is 18.0. The number of fused-ring (bicyclic) bond motifs is 1. The summed E-state index contributed by atoms with van der Waals surface area (Å²) in [6.45, 7) is 6.47. The van der Waals surface area contributed by atoms with Gasteiger partial charge in [0.25, 0.3) is 5.91 Å². The van der Waals surface area contributed by atoms with Crippen LogP contribution in [-0.4, -0.2) is 49.1 Å². The molecule has 160 valence electrons. The average Bonchev–Trinajstić information content (AvgIpc) is 2.74. The van der Waals surface area contributed by atoms with Gasteiger partial charge in [-0.05, 0) is 31.1 Å². The third-order valence-electron chi connectivity index (χ3n) is 5.09. The van der Waals surface area contributed by atoms with E-state index in [1.807, 2.05) is 18.2 Å². The minimum atomic E-state index is -0.345. The highest BCUT2D eigenvalue weighted by Gasteiger charge is 2.20. The van der Waals surface area contributed by atoms with Gasteiger partial charge in [0.1, 0.15) is 5.75 Å². The summed E-state index contributed by atoms with van der Waals surface area (Å²) < 4.78 is 5.39. The van der Waals surface area contributed by atoms with Crippen LogP contribution in [0.15, 0.2) is 42.5 Å². The molecule has 3 rings (SSSR count). The Morgan fingerprint density at radius 3 is 2.67 bits per heavy atom. The van der Waals surface area contributed by atoms with E-state index in [1.165, 1.54) is 5.56 Å². The Balaban J connectivity index is 1.63. The van der Waals surface area contributed by atoms with Crippen molar-refractivity contribution >= 4 is 34.9 Å². The first-order chi connectivity index (χ1) is 14.5. The Bertz CT molecular complexity index is 887. The third kappa shape index (κ3) is 5.64. The number of benzene rings is 2. The zero-order valence-electron chi connectivity index (χ0n) is 17.2. The Labute approximate surface area is 181 Å². The smallest absolute Gasteiger partial charge is 0.319 e. The van der Waals surface area contributed by atoms with Gasteiger partial charge < -0.3 is 20.7 Å². The molecule has 2 aromatic rings. The summed E-state index contributed by atoms with van der Waals surface area (Å²) in [5, 5.41) is 8.73. The molecule has 0 aliphatic carbocycles. The van der Waals surface area contributed by atoms with Crippen LogP contribution in [0.3, 0.4) is 0 Å². The summed E-state index contributed by atoms with van der Waals surface area (Å²) in [6.07, 6.45) is 0.843. The first kappa shape index (κ1) is 21.9. The first-order valence-corrected chi connectivity index (χ1v) is 10.5. The maximum Gasteiger partial charge on any atom is 0.319 e. The van der Waals surface area contributed by atoms with Crippen molar-refractivity contribution < 1.29 is 14.3 Å². The fourth-order valence-electron chi connectivity index (χ4n) is 3.53. The number of rotatable bonds is 8. The van der Waals surface area contributed by atoms with E-state index in [1.54, 1.807) is 12.1 Å². The third-order valence-corrected chi connectivity index (χ3v) is 5.40. The zero-order chi connectivity index (χ0) is 21.5. The number of carbonyl (C=O) groups excluding carboxylic acids is 2.